The number of benzene rings is 3. The first-order valence-electron chi connectivity index (χ1n) is 29.8. The summed E-state index contributed by atoms with van der Waals surface area (Å²) in [5.41, 5.74) is 11.4. The number of carbonyl (C=O) groups is 1. The largest absolute Gasteiger partial charge is 0.508 e. The quantitative estimate of drug-likeness (QED) is 0.0421. The van der Waals surface area contributed by atoms with Gasteiger partial charge < -0.3 is 66.0 Å². The van der Waals surface area contributed by atoms with E-state index in [1.54, 1.807) is 25.1 Å². The van der Waals surface area contributed by atoms with E-state index in [1.807, 2.05) is 37.3 Å². The number of ether oxygens (including phenoxy) is 2. The van der Waals surface area contributed by atoms with Crippen LogP contribution in [0.4, 0.5) is 0 Å². The number of hydrogen-bond acceptors (Lipinski definition) is 16. The molecule has 3 aromatic carbocycles. The number of likely N-dealkylation sites (N-methyl/N-ethyl adjacent to an activating group) is 1. The molecule has 0 radical (unpaired) electrons. The first kappa shape index (κ1) is 57.4. The van der Waals surface area contributed by atoms with Crippen molar-refractivity contribution in [3.8, 4) is 17.2 Å². The highest BCUT2D eigenvalue weighted by Crippen LogP contribution is 2.61. The van der Waals surface area contributed by atoms with E-state index in [9.17, 15) is 40.5 Å². The van der Waals surface area contributed by atoms with Crippen molar-refractivity contribution in [2.45, 2.75) is 172 Å². The van der Waals surface area contributed by atoms with E-state index in [0.29, 0.717) is 87.2 Å². The summed E-state index contributed by atoms with van der Waals surface area (Å²) in [6, 6.07) is 14.1. The van der Waals surface area contributed by atoms with Crippen molar-refractivity contribution < 1.29 is 54.4 Å². The monoisotopic (exact) mass is 1120 g/mol. The van der Waals surface area contributed by atoms with Gasteiger partial charge in [-0.25, -0.2) is 4.79 Å². The van der Waals surface area contributed by atoms with Crippen molar-refractivity contribution in [2.75, 3.05) is 19.7 Å². The molecule has 438 valence electrons. The predicted molar refractivity (Wildman–Crippen MR) is 311 cm³/mol. The van der Waals surface area contributed by atoms with Crippen molar-refractivity contribution in [1.29, 1.82) is 0 Å². The lowest BCUT2D eigenvalue weighted by atomic mass is 9.61. The lowest BCUT2D eigenvalue weighted by Crippen LogP contribution is -2.59. The Morgan fingerprint density at radius 2 is 1.84 bits per heavy atom. The Kier molecular flexibility index (Phi) is 16.1. The number of rotatable bonds is 14. The molecule has 12 unspecified atom stereocenters. The van der Waals surface area contributed by atoms with E-state index in [-0.39, 0.29) is 82.5 Å². The van der Waals surface area contributed by atoms with Crippen molar-refractivity contribution in [3.63, 3.8) is 0 Å². The van der Waals surface area contributed by atoms with E-state index in [4.69, 9.17) is 19.6 Å². The van der Waals surface area contributed by atoms with Gasteiger partial charge in [0.05, 0.1) is 36.2 Å². The third-order valence-corrected chi connectivity index (χ3v) is 19.5. The number of aromatic hydroxyl groups is 2. The van der Waals surface area contributed by atoms with Crippen molar-refractivity contribution in [3.05, 3.63) is 156 Å². The normalized spacial score (nSPS) is 29.4. The summed E-state index contributed by atoms with van der Waals surface area (Å²) in [6.07, 6.45) is 10.9. The molecule has 16 nitrogen and oxygen atoms in total. The van der Waals surface area contributed by atoms with Gasteiger partial charge in [0, 0.05) is 54.1 Å². The lowest BCUT2D eigenvalue weighted by molar-refractivity contribution is -0.171. The Morgan fingerprint density at radius 1 is 1.02 bits per heavy atom. The molecule has 3 aliphatic carbocycles. The molecule has 7 aliphatic rings. The van der Waals surface area contributed by atoms with Gasteiger partial charge in [0.25, 0.3) is 0 Å². The van der Waals surface area contributed by atoms with Crippen LogP contribution in [0.5, 0.6) is 17.2 Å². The molecule has 0 spiro atoms. The number of aliphatic hydroxyl groups is 5. The van der Waals surface area contributed by atoms with Crippen molar-refractivity contribution in [1.82, 2.24) is 16.0 Å². The second kappa shape index (κ2) is 23.0. The molecule has 16 heteroatoms. The number of dihydropyridines is 2. The van der Waals surface area contributed by atoms with E-state index in [1.165, 1.54) is 5.57 Å². The number of phenols is 2. The summed E-state index contributed by atoms with van der Waals surface area (Å²) in [6.45, 7) is 9.91. The Labute approximate surface area is 479 Å². The number of allylic oxidation sites excluding steroid dienone is 5. The molecular formula is C66H82N4O12. The van der Waals surface area contributed by atoms with Crippen LogP contribution in [0.15, 0.2) is 116 Å². The number of nitrogens with two attached hydrogens (primary N) is 1. The molecule has 12 N–H and O–H groups in total. The van der Waals surface area contributed by atoms with Gasteiger partial charge in [-0.05, 0) is 177 Å². The zero-order valence-electron chi connectivity index (χ0n) is 47.8. The van der Waals surface area contributed by atoms with Gasteiger partial charge in [0.1, 0.15) is 58.1 Å². The van der Waals surface area contributed by atoms with Crippen LogP contribution >= 0.6 is 0 Å². The van der Waals surface area contributed by atoms with Gasteiger partial charge in [0.15, 0.2) is 5.43 Å². The van der Waals surface area contributed by atoms with Crippen molar-refractivity contribution in [2.24, 2.45) is 29.4 Å². The Morgan fingerprint density at radius 3 is 2.60 bits per heavy atom. The summed E-state index contributed by atoms with van der Waals surface area (Å²) >= 11 is 0. The minimum absolute atomic E-state index is 0.0102. The Bertz CT molecular complexity index is 3360. The number of esters is 1. The van der Waals surface area contributed by atoms with E-state index < -0.39 is 77.6 Å². The van der Waals surface area contributed by atoms with Crippen LogP contribution in [-0.4, -0.2) is 91.0 Å². The minimum atomic E-state index is -1.60. The van der Waals surface area contributed by atoms with Gasteiger partial charge in [-0.1, -0.05) is 63.3 Å². The van der Waals surface area contributed by atoms with Crippen LogP contribution in [0.25, 0.3) is 11.0 Å². The number of fused-ring (bicyclic) bond motifs is 9. The van der Waals surface area contributed by atoms with Gasteiger partial charge >= 0.3 is 5.97 Å². The van der Waals surface area contributed by atoms with Gasteiger partial charge in [-0.3, -0.25) is 10.1 Å². The second-order valence-corrected chi connectivity index (χ2v) is 24.9. The fraction of sp³-hybridized carbons (Fsp3) is 0.515. The van der Waals surface area contributed by atoms with Crippen LogP contribution in [0.3, 0.4) is 0 Å². The highest BCUT2D eigenvalue weighted by molar-refractivity contribution is 5.93. The Hall–Kier alpha value is -6.40. The Balaban J connectivity index is 1.06. The summed E-state index contributed by atoms with van der Waals surface area (Å²) in [5.74, 6) is -3.00. The van der Waals surface area contributed by atoms with E-state index >= 15 is 4.79 Å². The maximum atomic E-state index is 15.5. The van der Waals surface area contributed by atoms with Crippen LogP contribution < -0.4 is 31.8 Å². The average molecular weight is 1120 g/mol. The highest BCUT2D eigenvalue weighted by atomic mass is 16.6. The molecule has 4 aromatic rings. The summed E-state index contributed by atoms with van der Waals surface area (Å²) in [7, 11) is 0. The fourth-order valence-electron chi connectivity index (χ4n) is 15.6. The molecule has 2 saturated carbocycles. The zero-order chi connectivity index (χ0) is 57.9. The molecule has 12 atom stereocenters. The molecule has 4 bridgehead atoms. The standard InChI is InChI=1S/C66H82N4O12/c1-6-50(66(79)21-19-39(30-66)36-9-8-10-38(24-36)52(75)18-15-41(73)23-34(3)4)64(78)81-54-29-48-60(77)58-53(76)28-43(32-71)80-62(58)59-56-46-20-22-69-63(67)57(46)45(17-12-35-11-14-42(74)27-47(35)49(56)33-72)44-16-13-37-26-55(68-7-2)70-31-40(37)25-51(44)65(54,5)82-61(48)59/h6,8-11,14,20,24,26-28,31,34,39,41,44-45,49,51-52,54-56,68-75,77,79H,7,12-13,15-19,21-23,25,29-30,32-33,67H2,1-5H3. The number of phenolic OH excluding ortho intramolecular Hbond substituents is 2. The summed E-state index contributed by atoms with van der Waals surface area (Å²) in [5, 5.41) is 91.7. The molecule has 1 aromatic heterocycles. The molecule has 0 amide bonds. The van der Waals surface area contributed by atoms with Crippen LogP contribution in [0.1, 0.15) is 162 Å². The SMILES string of the molecule is CC=C(C(=O)OC1Cc2c3c(c4oc(CO)cc(=O)c4c2O)C2C4=CCNC(N)=C4C(CCc4ccc(O)cc4C2CO)C2CCC4=CC(NCC)NC=C4CC2C1(C)O3)C1(O)CCC(c2cccc(C(O)CCC(O)CC(C)C)c2)C1. The molecule has 11 rings (SSSR count). The number of nitrogens with one attached hydrogen (secondary N) is 3. The number of aryl methyl sites for hydroxylation is 1. The van der Waals surface area contributed by atoms with Crippen LogP contribution in [0, 0.1) is 23.7 Å². The van der Waals surface area contributed by atoms with E-state index in [2.05, 4.69) is 55.1 Å². The lowest BCUT2D eigenvalue weighted by Gasteiger charge is -2.52. The minimum Gasteiger partial charge on any atom is -0.508 e. The topological polar surface area (TPSA) is 269 Å². The van der Waals surface area contributed by atoms with Crippen LogP contribution in [-0.2, 0) is 29.0 Å². The van der Waals surface area contributed by atoms with Gasteiger partial charge in [0.2, 0.25) is 0 Å². The van der Waals surface area contributed by atoms with E-state index in [0.717, 1.165) is 46.0 Å². The molecule has 0 saturated heterocycles. The maximum Gasteiger partial charge on any atom is 0.337 e. The molecule has 5 heterocycles. The smallest absolute Gasteiger partial charge is 0.337 e. The number of aliphatic hydroxyl groups excluding tert-OH is 4. The van der Waals surface area contributed by atoms with Crippen LogP contribution in [0.2, 0.25) is 0 Å². The third-order valence-electron chi connectivity index (χ3n) is 19.5. The fourth-order valence-corrected chi connectivity index (χ4v) is 15.6. The first-order valence-corrected chi connectivity index (χ1v) is 29.8. The number of hydrogen-bond donors (Lipinski definition) is 11. The third kappa shape index (κ3) is 10.3. The molecule has 82 heavy (non-hydrogen) atoms. The predicted octanol–water partition coefficient (Wildman–Crippen LogP) is 8.07. The second-order valence-electron chi connectivity index (χ2n) is 24.9. The first-order chi connectivity index (χ1) is 39.4. The van der Waals surface area contributed by atoms with Crippen molar-refractivity contribution >= 4 is 16.9 Å². The molecular weight excluding hydrogens is 1040 g/mol. The molecule has 2 fully saturated rings. The average Bonchev–Trinajstić information content (AvgIpc) is 3.97. The van der Waals surface area contributed by atoms with Gasteiger partial charge in [-0.2, -0.15) is 0 Å². The van der Waals surface area contributed by atoms with Gasteiger partial charge in [-0.15, -0.1) is 0 Å². The molecule has 4 aliphatic heterocycles. The summed E-state index contributed by atoms with van der Waals surface area (Å²) in [4.78, 5) is 30.1. The zero-order valence-corrected chi connectivity index (χ0v) is 47.8. The summed E-state index contributed by atoms with van der Waals surface area (Å²) < 4.78 is 21.4. The number of carbonyl (C=O) groups excluding carboxylic acids is 1. The maximum absolute atomic E-state index is 15.5. The highest BCUT2D eigenvalue weighted by Gasteiger charge is 2.58.